The van der Waals surface area contributed by atoms with Gasteiger partial charge in [-0.1, -0.05) is 12.8 Å². The van der Waals surface area contributed by atoms with Crippen LogP contribution < -0.4 is 16.0 Å². The van der Waals surface area contributed by atoms with Crippen molar-refractivity contribution < 1.29 is 9.59 Å². The van der Waals surface area contributed by atoms with Gasteiger partial charge in [0.15, 0.2) is 0 Å². The zero-order chi connectivity index (χ0) is 16.9. The first kappa shape index (κ1) is 17.0. The van der Waals surface area contributed by atoms with Crippen molar-refractivity contribution >= 4 is 17.5 Å². The molecule has 2 aliphatic rings. The van der Waals surface area contributed by atoms with E-state index >= 15 is 0 Å². The third-order valence-corrected chi connectivity index (χ3v) is 5.15. The molecule has 2 amide bonds. The van der Waals surface area contributed by atoms with Gasteiger partial charge in [-0.25, -0.2) is 0 Å². The van der Waals surface area contributed by atoms with Gasteiger partial charge < -0.3 is 16.0 Å². The van der Waals surface area contributed by atoms with Crippen LogP contribution in [-0.4, -0.2) is 30.9 Å². The van der Waals surface area contributed by atoms with E-state index in [2.05, 4.69) is 16.0 Å². The summed E-state index contributed by atoms with van der Waals surface area (Å²) in [5, 5.41) is 9.39. The average molecular weight is 329 g/mol. The summed E-state index contributed by atoms with van der Waals surface area (Å²) in [6.07, 6.45) is 6.32. The van der Waals surface area contributed by atoms with Crippen molar-refractivity contribution in [1.29, 1.82) is 0 Å². The van der Waals surface area contributed by atoms with Crippen LogP contribution in [0.3, 0.4) is 0 Å². The number of anilines is 1. The van der Waals surface area contributed by atoms with Gasteiger partial charge in [-0.3, -0.25) is 9.59 Å². The second-order valence-corrected chi connectivity index (χ2v) is 7.00. The Labute approximate surface area is 143 Å². The van der Waals surface area contributed by atoms with Crippen LogP contribution in [0.15, 0.2) is 18.2 Å². The van der Waals surface area contributed by atoms with Crippen molar-refractivity contribution in [3.63, 3.8) is 0 Å². The average Bonchev–Trinajstić information content (AvgIpc) is 3.10. The molecule has 0 atom stereocenters. The van der Waals surface area contributed by atoms with E-state index in [0.717, 1.165) is 50.0 Å². The molecule has 3 N–H and O–H groups in total. The van der Waals surface area contributed by atoms with Gasteiger partial charge in [0.25, 0.3) is 5.91 Å². The zero-order valence-electron chi connectivity index (χ0n) is 14.4. The van der Waals surface area contributed by atoms with Gasteiger partial charge in [0.1, 0.15) is 0 Å². The molecule has 0 unspecified atom stereocenters. The summed E-state index contributed by atoms with van der Waals surface area (Å²) in [6.45, 7) is 3.74. The van der Waals surface area contributed by atoms with E-state index in [4.69, 9.17) is 0 Å². The molecule has 0 aromatic heterocycles. The molecule has 2 fully saturated rings. The SMILES string of the molecule is Cc1cc(C(=O)NC2CCCC2)ccc1NC(=O)C1CCNCC1. The molecule has 0 bridgehead atoms. The predicted molar refractivity (Wildman–Crippen MR) is 95.1 cm³/mol. The van der Waals surface area contributed by atoms with Crippen LogP contribution in [0.5, 0.6) is 0 Å². The lowest BCUT2D eigenvalue weighted by molar-refractivity contribution is -0.120. The molecule has 0 radical (unpaired) electrons. The van der Waals surface area contributed by atoms with Gasteiger partial charge in [0.05, 0.1) is 0 Å². The molecule has 1 aliphatic carbocycles. The van der Waals surface area contributed by atoms with Crippen LogP contribution in [0, 0.1) is 12.8 Å². The maximum atomic E-state index is 12.4. The van der Waals surface area contributed by atoms with Gasteiger partial charge in [0, 0.05) is 23.2 Å². The normalized spacial score (nSPS) is 19.2. The monoisotopic (exact) mass is 329 g/mol. The summed E-state index contributed by atoms with van der Waals surface area (Å²) in [7, 11) is 0. The number of piperidine rings is 1. The molecule has 1 saturated carbocycles. The number of carbonyl (C=O) groups is 2. The van der Waals surface area contributed by atoms with Crippen molar-refractivity contribution in [3.05, 3.63) is 29.3 Å². The second kappa shape index (κ2) is 7.79. The number of nitrogens with one attached hydrogen (secondary N) is 3. The Kier molecular flexibility index (Phi) is 5.51. The highest BCUT2D eigenvalue weighted by Gasteiger charge is 2.22. The molecule has 1 saturated heterocycles. The quantitative estimate of drug-likeness (QED) is 0.795. The maximum Gasteiger partial charge on any atom is 0.251 e. The molecule has 3 rings (SSSR count). The molecular formula is C19H27N3O2. The van der Waals surface area contributed by atoms with Crippen LogP contribution >= 0.6 is 0 Å². The molecule has 5 heteroatoms. The Morgan fingerprint density at radius 2 is 1.79 bits per heavy atom. The number of hydrogen-bond acceptors (Lipinski definition) is 3. The number of amides is 2. The van der Waals surface area contributed by atoms with Gasteiger partial charge in [-0.2, -0.15) is 0 Å². The van der Waals surface area contributed by atoms with Gasteiger partial charge in [0.2, 0.25) is 5.91 Å². The first-order chi connectivity index (χ1) is 11.6. The summed E-state index contributed by atoms with van der Waals surface area (Å²) in [4.78, 5) is 24.7. The molecule has 1 heterocycles. The highest BCUT2D eigenvalue weighted by molar-refractivity contribution is 5.97. The smallest absolute Gasteiger partial charge is 0.251 e. The summed E-state index contributed by atoms with van der Waals surface area (Å²) >= 11 is 0. The van der Waals surface area contributed by atoms with E-state index in [1.165, 1.54) is 12.8 Å². The fourth-order valence-electron chi connectivity index (χ4n) is 3.60. The molecule has 0 spiro atoms. The number of hydrogen-bond donors (Lipinski definition) is 3. The number of carbonyl (C=O) groups excluding carboxylic acids is 2. The van der Waals surface area contributed by atoms with Gasteiger partial charge in [-0.05, 0) is 69.5 Å². The fraction of sp³-hybridized carbons (Fsp3) is 0.579. The van der Waals surface area contributed by atoms with Crippen LogP contribution in [-0.2, 0) is 4.79 Å². The highest BCUT2D eigenvalue weighted by atomic mass is 16.2. The standard InChI is InChI=1S/C19H27N3O2/c1-13-12-15(19(24)21-16-4-2-3-5-16)6-7-17(13)22-18(23)14-8-10-20-11-9-14/h6-7,12,14,16,20H,2-5,8-11H2,1H3,(H,21,24)(H,22,23). The summed E-state index contributed by atoms with van der Waals surface area (Å²) in [5.41, 5.74) is 2.39. The Morgan fingerprint density at radius 3 is 2.46 bits per heavy atom. The Balaban J connectivity index is 1.61. The minimum absolute atomic E-state index is 0.0127. The van der Waals surface area contributed by atoms with E-state index in [1.807, 2.05) is 19.1 Å². The molecular weight excluding hydrogens is 302 g/mol. The van der Waals surface area contributed by atoms with Crippen molar-refractivity contribution in [3.8, 4) is 0 Å². The molecule has 130 valence electrons. The third kappa shape index (κ3) is 4.15. The van der Waals surface area contributed by atoms with Crippen molar-refractivity contribution in [1.82, 2.24) is 10.6 Å². The lowest BCUT2D eigenvalue weighted by Gasteiger charge is -2.22. The van der Waals surface area contributed by atoms with Crippen LogP contribution in [0.25, 0.3) is 0 Å². The Morgan fingerprint density at radius 1 is 1.08 bits per heavy atom. The van der Waals surface area contributed by atoms with Crippen LogP contribution in [0.2, 0.25) is 0 Å². The van der Waals surface area contributed by atoms with Crippen molar-refractivity contribution in [2.75, 3.05) is 18.4 Å². The van der Waals surface area contributed by atoms with E-state index in [1.54, 1.807) is 6.07 Å². The summed E-state index contributed by atoms with van der Waals surface area (Å²) in [6, 6.07) is 5.83. The van der Waals surface area contributed by atoms with Gasteiger partial charge >= 0.3 is 0 Å². The van der Waals surface area contributed by atoms with Crippen LogP contribution in [0.1, 0.15) is 54.4 Å². The first-order valence-electron chi connectivity index (χ1n) is 9.06. The lowest BCUT2D eigenvalue weighted by atomic mass is 9.97. The van der Waals surface area contributed by atoms with Gasteiger partial charge in [-0.15, -0.1) is 0 Å². The number of aryl methyl sites for hydroxylation is 1. The lowest BCUT2D eigenvalue weighted by Crippen LogP contribution is -2.34. The fourth-order valence-corrected chi connectivity index (χ4v) is 3.60. The van der Waals surface area contributed by atoms with E-state index in [9.17, 15) is 9.59 Å². The number of benzene rings is 1. The van der Waals surface area contributed by atoms with E-state index in [-0.39, 0.29) is 17.7 Å². The zero-order valence-corrected chi connectivity index (χ0v) is 14.4. The van der Waals surface area contributed by atoms with E-state index in [0.29, 0.717) is 11.6 Å². The summed E-state index contributed by atoms with van der Waals surface area (Å²) < 4.78 is 0. The predicted octanol–water partition coefficient (Wildman–Crippen LogP) is 2.61. The maximum absolute atomic E-state index is 12.4. The second-order valence-electron chi connectivity index (χ2n) is 7.00. The van der Waals surface area contributed by atoms with Crippen molar-refractivity contribution in [2.45, 2.75) is 51.5 Å². The third-order valence-electron chi connectivity index (χ3n) is 5.15. The number of rotatable bonds is 4. The van der Waals surface area contributed by atoms with Crippen LogP contribution in [0.4, 0.5) is 5.69 Å². The molecule has 1 aromatic rings. The van der Waals surface area contributed by atoms with Crippen molar-refractivity contribution in [2.24, 2.45) is 5.92 Å². The molecule has 1 aliphatic heterocycles. The first-order valence-corrected chi connectivity index (χ1v) is 9.06. The highest BCUT2D eigenvalue weighted by Crippen LogP contribution is 2.21. The Bertz CT molecular complexity index is 603. The Hall–Kier alpha value is -1.88. The molecule has 1 aromatic carbocycles. The minimum atomic E-state index is -0.0127. The summed E-state index contributed by atoms with van der Waals surface area (Å²) in [5.74, 6) is 0.153. The topological polar surface area (TPSA) is 70.2 Å². The molecule has 5 nitrogen and oxygen atoms in total. The van der Waals surface area contributed by atoms with E-state index < -0.39 is 0 Å². The molecule has 24 heavy (non-hydrogen) atoms. The largest absolute Gasteiger partial charge is 0.349 e. The minimum Gasteiger partial charge on any atom is -0.349 e.